The number of urea groups is 1. The lowest BCUT2D eigenvalue weighted by molar-refractivity contribution is -0.123. The third-order valence-corrected chi connectivity index (χ3v) is 5.05. The fourth-order valence-electron chi connectivity index (χ4n) is 3.15. The largest absolute Gasteiger partial charge is 0.452 e. The van der Waals surface area contributed by atoms with Crippen molar-refractivity contribution in [2.24, 2.45) is 11.3 Å². The van der Waals surface area contributed by atoms with Gasteiger partial charge in [0.15, 0.2) is 6.61 Å². The number of nitrogens with one attached hydrogen (secondary N) is 3. The number of hydrogen-bond acceptors (Lipinski definition) is 5. The molecule has 0 spiro atoms. The first-order valence-corrected chi connectivity index (χ1v) is 10.3. The van der Waals surface area contributed by atoms with Crippen LogP contribution in [0.25, 0.3) is 0 Å². The summed E-state index contributed by atoms with van der Waals surface area (Å²) in [5, 5.41) is 7.72. The van der Waals surface area contributed by atoms with Gasteiger partial charge in [0.1, 0.15) is 0 Å². The third-order valence-electron chi connectivity index (χ3n) is 5.05. The van der Waals surface area contributed by atoms with Crippen LogP contribution in [0.3, 0.4) is 0 Å². The molecule has 30 heavy (non-hydrogen) atoms. The molecule has 0 aromatic heterocycles. The highest BCUT2D eigenvalue weighted by Crippen LogP contribution is 2.23. The van der Waals surface area contributed by atoms with E-state index in [0.717, 1.165) is 25.7 Å². The van der Waals surface area contributed by atoms with E-state index in [4.69, 9.17) is 4.74 Å². The normalized spacial score (nSPS) is 18.8. The van der Waals surface area contributed by atoms with Crippen LogP contribution in [-0.4, -0.2) is 36.5 Å². The minimum atomic E-state index is -0.724. The number of carbonyl (C=O) groups excluding carboxylic acids is 4. The SMILES string of the molecule is CC1CCCCC1NC(=O)NC(=O)COC(=O)c1cccc(NC(=O)C(C)(C)C)c1. The minimum absolute atomic E-state index is 0.0418. The number of amides is 4. The van der Waals surface area contributed by atoms with Crippen molar-refractivity contribution in [3.63, 3.8) is 0 Å². The van der Waals surface area contributed by atoms with Crippen LogP contribution in [0.4, 0.5) is 10.5 Å². The van der Waals surface area contributed by atoms with Crippen molar-refractivity contribution < 1.29 is 23.9 Å². The zero-order valence-corrected chi connectivity index (χ0v) is 18.0. The minimum Gasteiger partial charge on any atom is -0.452 e. The molecule has 0 saturated heterocycles. The summed E-state index contributed by atoms with van der Waals surface area (Å²) >= 11 is 0. The molecule has 2 unspecified atom stereocenters. The van der Waals surface area contributed by atoms with E-state index in [1.54, 1.807) is 32.9 Å². The van der Waals surface area contributed by atoms with E-state index < -0.39 is 29.9 Å². The van der Waals surface area contributed by atoms with Crippen molar-refractivity contribution >= 4 is 29.5 Å². The second kappa shape index (κ2) is 10.2. The summed E-state index contributed by atoms with van der Waals surface area (Å²) in [7, 11) is 0. The molecule has 8 nitrogen and oxygen atoms in total. The van der Waals surface area contributed by atoms with Gasteiger partial charge in [-0.15, -0.1) is 0 Å². The summed E-state index contributed by atoms with van der Waals surface area (Å²) in [4.78, 5) is 48.2. The molecular formula is C22H31N3O5. The molecule has 164 valence electrons. The summed E-state index contributed by atoms with van der Waals surface area (Å²) in [5.74, 6) is -1.26. The van der Waals surface area contributed by atoms with E-state index >= 15 is 0 Å². The Labute approximate surface area is 177 Å². The Hall–Kier alpha value is -2.90. The Morgan fingerprint density at radius 1 is 1.10 bits per heavy atom. The number of imide groups is 1. The molecule has 1 aromatic carbocycles. The van der Waals surface area contributed by atoms with Crippen LogP contribution in [0.15, 0.2) is 24.3 Å². The van der Waals surface area contributed by atoms with Crippen LogP contribution in [0, 0.1) is 11.3 Å². The predicted octanol–water partition coefficient (Wildman–Crippen LogP) is 3.23. The average Bonchev–Trinajstić information content (AvgIpc) is 2.67. The smallest absolute Gasteiger partial charge is 0.338 e. The molecule has 2 atom stereocenters. The van der Waals surface area contributed by atoms with Gasteiger partial charge >= 0.3 is 12.0 Å². The first-order valence-electron chi connectivity index (χ1n) is 10.3. The highest BCUT2D eigenvalue weighted by Gasteiger charge is 2.24. The second-order valence-electron chi connectivity index (χ2n) is 8.75. The molecule has 0 bridgehead atoms. The summed E-state index contributed by atoms with van der Waals surface area (Å²) in [5.41, 5.74) is 0.0646. The molecular weight excluding hydrogens is 386 g/mol. The van der Waals surface area contributed by atoms with E-state index in [0.29, 0.717) is 11.6 Å². The molecule has 3 N–H and O–H groups in total. The quantitative estimate of drug-likeness (QED) is 0.637. The number of carbonyl (C=O) groups is 4. The van der Waals surface area contributed by atoms with E-state index in [1.165, 1.54) is 12.1 Å². The number of esters is 1. The van der Waals surface area contributed by atoms with E-state index in [2.05, 4.69) is 22.9 Å². The number of anilines is 1. The average molecular weight is 418 g/mol. The molecule has 2 rings (SSSR count). The summed E-state index contributed by atoms with van der Waals surface area (Å²) in [6, 6.07) is 5.71. The molecule has 8 heteroatoms. The molecule has 1 aromatic rings. The third kappa shape index (κ3) is 7.17. The summed E-state index contributed by atoms with van der Waals surface area (Å²) in [6.45, 7) is 6.84. The van der Waals surface area contributed by atoms with Crippen molar-refractivity contribution in [1.82, 2.24) is 10.6 Å². The van der Waals surface area contributed by atoms with E-state index in [1.807, 2.05) is 0 Å². The van der Waals surface area contributed by atoms with Gasteiger partial charge in [-0.1, -0.05) is 46.6 Å². The Kier molecular flexibility index (Phi) is 7.97. The lowest BCUT2D eigenvalue weighted by atomic mass is 9.86. The molecule has 1 fully saturated rings. The van der Waals surface area contributed by atoms with Gasteiger partial charge < -0.3 is 15.4 Å². The summed E-state index contributed by atoms with van der Waals surface area (Å²) < 4.78 is 4.99. The van der Waals surface area contributed by atoms with Crippen LogP contribution in [0.5, 0.6) is 0 Å². The van der Waals surface area contributed by atoms with E-state index in [-0.39, 0.29) is 17.5 Å². The standard InChI is InChI=1S/C22H31N3O5/c1-14-8-5-6-11-17(14)24-21(29)25-18(26)13-30-19(27)15-9-7-10-16(12-15)23-20(28)22(2,3)4/h7,9-10,12,14,17H,5-6,8,11,13H2,1-4H3,(H,23,28)(H2,24,25,26,29). The fourth-order valence-corrected chi connectivity index (χ4v) is 3.15. The highest BCUT2D eigenvalue weighted by molar-refractivity contribution is 5.98. The van der Waals surface area contributed by atoms with Gasteiger partial charge in [-0.2, -0.15) is 0 Å². The van der Waals surface area contributed by atoms with Crippen LogP contribution in [0.1, 0.15) is 63.7 Å². The van der Waals surface area contributed by atoms with Crippen LogP contribution in [0.2, 0.25) is 0 Å². The maximum Gasteiger partial charge on any atom is 0.338 e. The van der Waals surface area contributed by atoms with Gasteiger partial charge in [0, 0.05) is 17.1 Å². The van der Waals surface area contributed by atoms with Crippen molar-refractivity contribution in [1.29, 1.82) is 0 Å². The Bertz CT molecular complexity index is 800. The maximum absolute atomic E-state index is 12.2. The molecule has 1 saturated carbocycles. The Morgan fingerprint density at radius 2 is 1.80 bits per heavy atom. The number of hydrogen-bond donors (Lipinski definition) is 3. The van der Waals surface area contributed by atoms with Crippen molar-refractivity contribution in [3.05, 3.63) is 29.8 Å². The van der Waals surface area contributed by atoms with Crippen molar-refractivity contribution in [2.45, 2.75) is 59.4 Å². The maximum atomic E-state index is 12.2. The first kappa shape index (κ1) is 23.4. The lowest BCUT2D eigenvalue weighted by Gasteiger charge is -2.29. The topological polar surface area (TPSA) is 114 Å². The molecule has 1 aliphatic rings. The van der Waals surface area contributed by atoms with Gasteiger partial charge in [-0.25, -0.2) is 9.59 Å². The monoisotopic (exact) mass is 417 g/mol. The molecule has 4 amide bonds. The molecule has 0 heterocycles. The van der Waals surface area contributed by atoms with Gasteiger partial charge in [-0.05, 0) is 37.0 Å². The Balaban J connectivity index is 1.82. The predicted molar refractivity (Wildman–Crippen MR) is 113 cm³/mol. The highest BCUT2D eigenvalue weighted by atomic mass is 16.5. The fraction of sp³-hybridized carbons (Fsp3) is 0.545. The van der Waals surface area contributed by atoms with Gasteiger partial charge in [0.05, 0.1) is 5.56 Å². The van der Waals surface area contributed by atoms with Crippen LogP contribution >= 0.6 is 0 Å². The van der Waals surface area contributed by atoms with Gasteiger partial charge in [0.2, 0.25) is 5.91 Å². The zero-order chi connectivity index (χ0) is 22.3. The second-order valence-corrected chi connectivity index (χ2v) is 8.75. The van der Waals surface area contributed by atoms with Gasteiger partial charge in [0.25, 0.3) is 5.91 Å². The van der Waals surface area contributed by atoms with Gasteiger partial charge in [-0.3, -0.25) is 14.9 Å². The van der Waals surface area contributed by atoms with Crippen LogP contribution < -0.4 is 16.0 Å². The van der Waals surface area contributed by atoms with E-state index in [9.17, 15) is 19.2 Å². The lowest BCUT2D eigenvalue weighted by Crippen LogP contribution is -2.48. The molecule has 1 aliphatic carbocycles. The Morgan fingerprint density at radius 3 is 2.47 bits per heavy atom. The number of benzene rings is 1. The number of ether oxygens (including phenoxy) is 1. The summed E-state index contributed by atoms with van der Waals surface area (Å²) in [6.07, 6.45) is 4.14. The van der Waals surface area contributed by atoms with Crippen molar-refractivity contribution in [2.75, 3.05) is 11.9 Å². The number of rotatable bonds is 5. The van der Waals surface area contributed by atoms with Crippen LogP contribution in [-0.2, 0) is 14.3 Å². The molecule has 0 aliphatic heterocycles. The van der Waals surface area contributed by atoms with Crippen molar-refractivity contribution in [3.8, 4) is 0 Å². The zero-order valence-electron chi connectivity index (χ0n) is 18.0. The first-order chi connectivity index (χ1) is 14.1. The molecule has 0 radical (unpaired) electrons.